The number of sulfonamides is 1. The molecule has 0 aliphatic heterocycles. The van der Waals surface area contributed by atoms with Gasteiger partial charge in [0.25, 0.3) is 0 Å². The van der Waals surface area contributed by atoms with Gasteiger partial charge in [0.15, 0.2) is 0 Å². The summed E-state index contributed by atoms with van der Waals surface area (Å²) in [6.45, 7) is 3.61. The van der Waals surface area contributed by atoms with Crippen LogP contribution in [0.2, 0.25) is 0 Å². The van der Waals surface area contributed by atoms with E-state index in [0.717, 1.165) is 47.4 Å². The SMILES string of the molecule is CCC(C(=O)NC1CCCCC1)N(Cc1ccccc1C)C(=O)CN(c1cccc(OC)c1)S(C)(=O)=O. The average Bonchev–Trinajstić information content (AvgIpc) is 2.88. The average molecular weight is 530 g/mol. The minimum absolute atomic E-state index is 0.106. The molecule has 0 radical (unpaired) electrons. The third kappa shape index (κ3) is 7.71. The van der Waals surface area contributed by atoms with Gasteiger partial charge in [-0.25, -0.2) is 8.42 Å². The number of rotatable bonds is 11. The maximum absolute atomic E-state index is 13.8. The first-order chi connectivity index (χ1) is 17.6. The second-order valence-electron chi connectivity index (χ2n) is 9.69. The fourth-order valence-electron chi connectivity index (χ4n) is 4.81. The number of hydrogen-bond donors (Lipinski definition) is 1. The quantitative estimate of drug-likeness (QED) is 0.474. The van der Waals surface area contributed by atoms with Gasteiger partial charge in [-0.05, 0) is 49.4 Å². The van der Waals surface area contributed by atoms with Gasteiger partial charge in [-0.2, -0.15) is 0 Å². The van der Waals surface area contributed by atoms with E-state index in [1.807, 2.05) is 38.1 Å². The number of ether oxygens (including phenoxy) is 1. The number of hydrogen-bond acceptors (Lipinski definition) is 5. The highest BCUT2D eigenvalue weighted by Gasteiger charge is 2.33. The highest BCUT2D eigenvalue weighted by molar-refractivity contribution is 7.92. The van der Waals surface area contributed by atoms with Crippen LogP contribution in [0, 0.1) is 6.92 Å². The van der Waals surface area contributed by atoms with E-state index >= 15 is 0 Å². The van der Waals surface area contributed by atoms with E-state index in [9.17, 15) is 18.0 Å². The Morgan fingerprint density at radius 3 is 2.41 bits per heavy atom. The molecule has 1 unspecified atom stereocenters. The number of nitrogens with one attached hydrogen (secondary N) is 1. The standard InChI is InChI=1S/C28H39N3O5S/c1-5-26(28(33)29-23-14-7-6-8-15-23)30(19-22-13-10-9-12-21(22)2)27(32)20-31(37(4,34)35)24-16-11-17-25(18-24)36-3/h9-13,16-18,23,26H,5-8,14-15,19-20H2,1-4H3,(H,29,33). The number of methoxy groups -OCH3 is 1. The van der Waals surface area contributed by atoms with E-state index in [4.69, 9.17) is 4.74 Å². The van der Waals surface area contributed by atoms with E-state index in [1.165, 1.54) is 18.4 Å². The lowest BCUT2D eigenvalue weighted by Gasteiger charge is -2.34. The zero-order chi connectivity index (χ0) is 27.0. The van der Waals surface area contributed by atoms with Gasteiger partial charge in [0, 0.05) is 18.7 Å². The van der Waals surface area contributed by atoms with Gasteiger partial charge in [0.1, 0.15) is 18.3 Å². The smallest absolute Gasteiger partial charge is 0.244 e. The Bertz CT molecular complexity index is 1180. The Morgan fingerprint density at radius 1 is 1.08 bits per heavy atom. The van der Waals surface area contributed by atoms with Crippen LogP contribution in [0.15, 0.2) is 48.5 Å². The summed E-state index contributed by atoms with van der Waals surface area (Å²) >= 11 is 0. The van der Waals surface area contributed by atoms with Gasteiger partial charge in [0.2, 0.25) is 21.8 Å². The molecule has 3 rings (SSSR count). The molecule has 1 aliphatic carbocycles. The van der Waals surface area contributed by atoms with Crippen LogP contribution in [0.5, 0.6) is 5.75 Å². The fourth-order valence-corrected chi connectivity index (χ4v) is 5.66. The van der Waals surface area contributed by atoms with Crippen molar-refractivity contribution in [3.8, 4) is 5.75 Å². The van der Waals surface area contributed by atoms with Crippen LogP contribution in [0.25, 0.3) is 0 Å². The molecule has 202 valence electrons. The number of carbonyl (C=O) groups is 2. The van der Waals surface area contributed by atoms with Gasteiger partial charge in [-0.15, -0.1) is 0 Å². The maximum atomic E-state index is 13.8. The molecule has 9 heteroatoms. The molecule has 1 saturated carbocycles. The highest BCUT2D eigenvalue weighted by Crippen LogP contribution is 2.25. The van der Waals surface area contributed by atoms with Crippen molar-refractivity contribution >= 4 is 27.5 Å². The van der Waals surface area contributed by atoms with E-state index in [-0.39, 0.29) is 18.5 Å². The maximum Gasteiger partial charge on any atom is 0.244 e. The Morgan fingerprint density at radius 2 is 1.78 bits per heavy atom. The lowest BCUT2D eigenvalue weighted by Crippen LogP contribution is -2.54. The molecule has 0 saturated heterocycles. The van der Waals surface area contributed by atoms with E-state index < -0.39 is 28.5 Å². The predicted octanol–water partition coefficient (Wildman–Crippen LogP) is 4.03. The molecule has 37 heavy (non-hydrogen) atoms. The number of anilines is 1. The minimum Gasteiger partial charge on any atom is -0.497 e. The summed E-state index contributed by atoms with van der Waals surface area (Å²) in [4.78, 5) is 28.8. The summed E-state index contributed by atoms with van der Waals surface area (Å²) in [5.74, 6) is -0.153. The van der Waals surface area contributed by atoms with Crippen LogP contribution in [-0.2, 0) is 26.2 Å². The van der Waals surface area contributed by atoms with E-state index in [0.29, 0.717) is 17.9 Å². The molecule has 2 aromatic rings. The molecule has 1 aliphatic rings. The number of benzene rings is 2. The summed E-state index contributed by atoms with van der Waals surface area (Å²) in [6.07, 6.45) is 6.69. The van der Waals surface area contributed by atoms with Crippen molar-refractivity contribution in [3.05, 3.63) is 59.7 Å². The molecule has 2 aromatic carbocycles. The largest absolute Gasteiger partial charge is 0.497 e. The Labute approximate surface area is 221 Å². The van der Waals surface area contributed by atoms with E-state index in [1.54, 1.807) is 24.3 Å². The summed E-state index contributed by atoms with van der Waals surface area (Å²) in [5, 5.41) is 3.15. The van der Waals surface area contributed by atoms with Crippen LogP contribution in [0.3, 0.4) is 0 Å². The lowest BCUT2D eigenvalue weighted by molar-refractivity contribution is -0.140. The van der Waals surface area contributed by atoms with Gasteiger partial charge in [0.05, 0.1) is 19.1 Å². The van der Waals surface area contributed by atoms with Gasteiger partial charge in [-0.1, -0.05) is 56.5 Å². The first-order valence-corrected chi connectivity index (χ1v) is 14.7. The molecular weight excluding hydrogens is 490 g/mol. The number of amides is 2. The van der Waals surface area contributed by atoms with Crippen molar-refractivity contribution in [2.45, 2.75) is 71.0 Å². The van der Waals surface area contributed by atoms with Crippen molar-refractivity contribution in [1.29, 1.82) is 0 Å². The molecule has 1 fully saturated rings. The third-order valence-corrected chi connectivity index (χ3v) is 8.10. The first-order valence-electron chi connectivity index (χ1n) is 12.9. The molecule has 0 aromatic heterocycles. The predicted molar refractivity (Wildman–Crippen MR) is 146 cm³/mol. The van der Waals surface area contributed by atoms with Gasteiger partial charge >= 0.3 is 0 Å². The Balaban J connectivity index is 1.93. The lowest BCUT2D eigenvalue weighted by atomic mass is 9.95. The summed E-state index contributed by atoms with van der Waals surface area (Å²) in [5.41, 5.74) is 2.23. The molecule has 0 spiro atoms. The second kappa shape index (κ2) is 12.9. The highest BCUT2D eigenvalue weighted by atomic mass is 32.2. The first kappa shape index (κ1) is 28.5. The van der Waals surface area contributed by atoms with Crippen LogP contribution in [0.4, 0.5) is 5.69 Å². The van der Waals surface area contributed by atoms with Gasteiger partial charge < -0.3 is 15.0 Å². The molecule has 1 atom stereocenters. The molecule has 0 bridgehead atoms. The van der Waals surface area contributed by atoms with Crippen LogP contribution in [0.1, 0.15) is 56.6 Å². The molecule has 2 amide bonds. The van der Waals surface area contributed by atoms with Gasteiger partial charge in [-0.3, -0.25) is 13.9 Å². The van der Waals surface area contributed by atoms with Crippen molar-refractivity contribution in [1.82, 2.24) is 10.2 Å². The Hall–Kier alpha value is -3.07. The van der Waals surface area contributed by atoms with E-state index in [2.05, 4.69) is 5.32 Å². The zero-order valence-electron chi connectivity index (χ0n) is 22.3. The normalized spacial score (nSPS) is 15.0. The molecule has 8 nitrogen and oxygen atoms in total. The zero-order valence-corrected chi connectivity index (χ0v) is 23.1. The molecule has 1 N–H and O–H groups in total. The number of nitrogens with zero attached hydrogens (tertiary/aromatic N) is 2. The topological polar surface area (TPSA) is 96.0 Å². The molecule has 0 heterocycles. The van der Waals surface area contributed by atoms with Crippen molar-refractivity contribution in [2.75, 3.05) is 24.2 Å². The second-order valence-corrected chi connectivity index (χ2v) is 11.6. The van der Waals surface area contributed by atoms with Crippen molar-refractivity contribution in [2.24, 2.45) is 0 Å². The van der Waals surface area contributed by atoms with Crippen molar-refractivity contribution < 1.29 is 22.7 Å². The van der Waals surface area contributed by atoms with Crippen molar-refractivity contribution in [3.63, 3.8) is 0 Å². The van der Waals surface area contributed by atoms with Crippen LogP contribution in [-0.4, -0.2) is 57.1 Å². The van der Waals surface area contributed by atoms with Crippen LogP contribution >= 0.6 is 0 Å². The number of aryl methyl sites for hydroxylation is 1. The fraction of sp³-hybridized carbons (Fsp3) is 0.500. The Kier molecular flexibility index (Phi) is 9.97. The monoisotopic (exact) mass is 529 g/mol. The minimum atomic E-state index is -3.80. The summed E-state index contributed by atoms with van der Waals surface area (Å²) in [7, 11) is -2.30. The number of carbonyl (C=O) groups excluding carboxylic acids is 2. The molecular formula is C28H39N3O5S. The van der Waals surface area contributed by atoms with Crippen LogP contribution < -0.4 is 14.4 Å². The summed E-state index contributed by atoms with van der Waals surface area (Å²) < 4.78 is 31.9. The third-order valence-electron chi connectivity index (χ3n) is 6.96. The summed E-state index contributed by atoms with van der Waals surface area (Å²) in [6, 6.07) is 13.7.